The summed E-state index contributed by atoms with van der Waals surface area (Å²) in [6.45, 7) is 0.394. The zero-order valence-electron chi connectivity index (χ0n) is 13.1. The summed E-state index contributed by atoms with van der Waals surface area (Å²) in [5.41, 5.74) is 1.33. The Hall–Kier alpha value is -2.04. The van der Waals surface area contributed by atoms with Gasteiger partial charge in [-0.05, 0) is 35.9 Å². The van der Waals surface area contributed by atoms with Crippen molar-refractivity contribution in [1.29, 1.82) is 0 Å². The molecular formula is C18H17Cl2NO3. The molecule has 0 heterocycles. The molecule has 1 amide bonds. The van der Waals surface area contributed by atoms with Crippen LogP contribution in [0.1, 0.15) is 28.8 Å². The van der Waals surface area contributed by atoms with Gasteiger partial charge in [-0.3, -0.25) is 9.59 Å². The van der Waals surface area contributed by atoms with E-state index >= 15 is 0 Å². The zero-order valence-corrected chi connectivity index (χ0v) is 14.7. The summed E-state index contributed by atoms with van der Waals surface area (Å²) in [6.07, 6.45) is 0.186. The largest absolute Gasteiger partial charge is 0.496 e. The smallest absolute Gasteiger partial charge is 0.220 e. The summed E-state index contributed by atoms with van der Waals surface area (Å²) in [5.74, 6) is 0.0706. The number of rotatable bonds is 7. The van der Waals surface area contributed by atoms with Crippen LogP contribution in [0.4, 0.5) is 0 Å². The van der Waals surface area contributed by atoms with Crippen molar-refractivity contribution in [2.24, 2.45) is 0 Å². The maximum Gasteiger partial charge on any atom is 0.220 e. The summed E-state index contributed by atoms with van der Waals surface area (Å²) in [6, 6.07) is 12.0. The molecule has 0 atom stereocenters. The average Bonchev–Trinajstić information content (AvgIpc) is 2.59. The molecule has 0 unspecified atom stereocenters. The minimum atomic E-state index is -0.195. The van der Waals surface area contributed by atoms with Crippen molar-refractivity contribution in [2.45, 2.75) is 19.4 Å². The molecule has 2 rings (SSSR count). The van der Waals surface area contributed by atoms with Crippen LogP contribution in [0.3, 0.4) is 0 Å². The third-order valence-electron chi connectivity index (χ3n) is 3.44. The van der Waals surface area contributed by atoms with Crippen LogP contribution in [0.2, 0.25) is 10.0 Å². The Balaban J connectivity index is 1.86. The quantitative estimate of drug-likeness (QED) is 0.744. The molecule has 0 spiro atoms. The number of methoxy groups -OCH3 is 1. The molecule has 0 radical (unpaired) electrons. The second-order valence-electron chi connectivity index (χ2n) is 5.17. The molecule has 0 aliphatic carbocycles. The highest BCUT2D eigenvalue weighted by atomic mass is 35.5. The fraction of sp³-hybridized carbons (Fsp3) is 0.222. The summed E-state index contributed by atoms with van der Waals surface area (Å²) in [4.78, 5) is 24.2. The standard InChI is InChI=1S/C18H17Cl2NO3/c1-24-17-8-6-14(20)10-15(17)16(22)7-9-18(23)21-11-12-2-4-13(19)5-3-12/h2-6,8,10H,7,9,11H2,1H3,(H,21,23). The Kier molecular flexibility index (Phi) is 6.64. The molecule has 0 saturated heterocycles. The lowest BCUT2D eigenvalue weighted by Gasteiger charge is -2.08. The number of hydrogen-bond acceptors (Lipinski definition) is 3. The van der Waals surface area contributed by atoms with Gasteiger partial charge in [0.1, 0.15) is 5.75 Å². The third-order valence-corrected chi connectivity index (χ3v) is 3.93. The molecule has 0 aromatic heterocycles. The number of benzene rings is 2. The van der Waals surface area contributed by atoms with E-state index in [2.05, 4.69) is 5.32 Å². The molecule has 0 aliphatic heterocycles. The van der Waals surface area contributed by atoms with Gasteiger partial charge in [-0.15, -0.1) is 0 Å². The van der Waals surface area contributed by atoms with E-state index in [1.807, 2.05) is 12.1 Å². The van der Waals surface area contributed by atoms with Gasteiger partial charge in [0, 0.05) is 29.4 Å². The number of ketones is 1. The van der Waals surface area contributed by atoms with E-state index in [-0.39, 0.29) is 24.5 Å². The van der Waals surface area contributed by atoms with Crippen molar-refractivity contribution in [3.63, 3.8) is 0 Å². The van der Waals surface area contributed by atoms with Crippen LogP contribution in [0.25, 0.3) is 0 Å². The first-order chi connectivity index (χ1) is 11.5. The lowest BCUT2D eigenvalue weighted by atomic mass is 10.1. The fourth-order valence-electron chi connectivity index (χ4n) is 2.15. The lowest BCUT2D eigenvalue weighted by molar-refractivity contribution is -0.121. The molecule has 0 fully saturated rings. The summed E-state index contributed by atoms with van der Waals surface area (Å²) < 4.78 is 5.15. The first-order valence-corrected chi connectivity index (χ1v) is 8.13. The Bertz CT molecular complexity index is 730. The van der Waals surface area contributed by atoms with Crippen molar-refractivity contribution >= 4 is 34.9 Å². The molecule has 6 heteroatoms. The molecule has 1 N–H and O–H groups in total. The predicted molar refractivity (Wildman–Crippen MR) is 94.9 cm³/mol. The SMILES string of the molecule is COc1ccc(Cl)cc1C(=O)CCC(=O)NCc1ccc(Cl)cc1. The molecule has 126 valence electrons. The van der Waals surface area contributed by atoms with E-state index in [0.29, 0.717) is 27.9 Å². The average molecular weight is 366 g/mol. The molecule has 0 aliphatic rings. The van der Waals surface area contributed by atoms with E-state index in [4.69, 9.17) is 27.9 Å². The maximum atomic E-state index is 12.3. The van der Waals surface area contributed by atoms with Gasteiger partial charge in [0.25, 0.3) is 0 Å². The molecule has 0 bridgehead atoms. The van der Waals surface area contributed by atoms with E-state index in [0.717, 1.165) is 5.56 Å². The monoisotopic (exact) mass is 365 g/mol. The van der Waals surface area contributed by atoms with Gasteiger partial charge in [-0.1, -0.05) is 35.3 Å². The number of Topliss-reactive ketones (excluding diaryl/α,β-unsaturated/α-hetero) is 1. The number of ether oxygens (including phenoxy) is 1. The van der Waals surface area contributed by atoms with Gasteiger partial charge in [0.15, 0.2) is 5.78 Å². The van der Waals surface area contributed by atoms with Crippen molar-refractivity contribution in [2.75, 3.05) is 7.11 Å². The number of carbonyl (C=O) groups excluding carboxylic acids is 2. The van der Waals surface area contributed by atoms with E-state index in [1.54, 1.807) is 30.3 Å². The van der Waals surface area contributed by atoms with E-state index < -0.39 is 0 Å². The van der Waals surface area contributed by atoms with E-state index in [1.165, 1.54) is 7.11 Å². The van der Waals surface area contributed by atoms with Crippen molar-refractivity contribution in [3.05, 3.63) is 63.6 Å². The lowest BCUT2D eigenvalue weighted by Crippen LogP contribution is -2.23. The van der Waals surface area contributed by atoms with Crippen LogP contribution in [0.15, 0.2) is 42.5 Å². The van der Waals surface area contributed by atoms with Crippen LogP contribution >= 0.6 is 23.2 Å². The Labute approximate surface area is 150 Å². The number of nitrogens with one attached hydrogen (secondary N) is 1. The number of halogens is 2. The highest BCUT2D eigenvalue weighted by molar-refractivity contribution is 6.31. The maximum absolute atomic E-state index is 12.3. The summed E-state index contributed by atoms with van der Waals surface area (Å²) in [5, 5.41) is 3.87. The number of amides is 1. The molecule has 2 aromatic carbocycles. The topological polar surface area (TPSA) is 55.4 Å². The molecule has 24 heavy (non-hydrogen) atoms. The Morgan fingerprint density at radius 3 is 2.33 bits per heavy atom. The van der Waals surface area contributed by atoms with Crippen molar-refractivity contribution in [1.82, 2.24) is 5.32 Å². The first kappa shape index (κ1) is 18.3. The van der Waals surface area contributed by atoms with Crippen molar-refractivity contribution in [3.8, 4) is 5.75 Å². The van der Waals surface area contributed by atoms with Crippen LogP contribution < -0.4 is 10.1 Å². The first-order valence-electron chi connectivity index (χ1n) is 7.37. The second kappa shape index (κ2) is 8.71. The van der Waals surface area contributed by atoms with Gasteiger partial charge in [0.2, 0.25) is 5.91 Å². The summed E-state index contributed by atoms with van der Waals surface area (Å²) in [7, 11) is 1.48. The van der Waals surface area contributed by atoms with Gasteiger partial charge < -0.3 is 10.1 Å². The normalized spacial score (nSPS) is 10.3. The Morgan fingerprint density at radius 2 is 1.67 bits per heavy atom. The molecule has 2 aromatic rings. The summed E-state index contributed by atoms with van der Waals surface area (Å²) >= 11 is 11.7. The molecule has 4 nitrogen and oxygen atoms in total. The highest BCUT2D eigenvalue weighted by Crippen LogP contribution is 2.24. The minimum absolute atomic E-state index is 0.0865. The van der Waals surface area contributed by atoms with Gasteiger partial charge in [-0.25, -0.2) is 0 Å². The minimum Gasteiger partial charge on any atom is -0.496 e. The van der Waals surface area contributed by atoms with E-state index in [9.17, 15) is 9.59 Å². The van der Waals surface area contributed by atoms with Gasteiger partial charge in [0.05, 0.1) is 12.7 Å². The highest BCUT2D eigenvalue weighted by Gasteiger charge is 2.14. The fourth-order valence-corrected chi connectivity index (χ4v) is 2.45. The Morgan fingerprint density at radius 1 is 1.00 bits per heavy atom. The van der Waals surface area contributed by atoms with Crippen LogP contribution in [-0.4, -0.2) is 18.8 Å². The zero-order chi connectivity index (χ0) is 17.5. The predicted octanol–water partition coefficient (Wildman–Crippen LogP) is 4.28. The molecular weight excluding hydrogens is 349 g/mol. The van der Waals surface area contributed by atoms with Crippen LogP contribution in [0, 0.1) is 0 Å². The third kappa shape index (κ3) is 5.25. The second-order valence-corrected chi connectivity index (χ2v) is 6.04. The number of hydrogen-bond donors (Lipinski definition) is 1. The van der Waals surface area contributed by atoms with Crippen LogP contribution in [-0.2, 0) is 11.3 Å². The number of carbonyl (C=O) groups is 2. The van der Waals surface area contributed by atoms with Crippen molar-refractivity contribution < 1.29 is 14.3 Å². The molecule has 0 saturated carbocycles. The van der Waals surface area contributed by atoms with Gasteiger partial charge in [-0.2, -0.15) is 0 Å². The van der Waals surface area contributed by atoms with Gasteiger partial charge >= 0.3 is 0 Å². The van der Waals surface area contributed by atoms with Crippen LogP contribution in [0.5, 0.6) is 5.75 Å².